The molecule has 0 heterocycles. The highest BCUT2D eigenvalue weighted by Crippen LogP contribution is 2.26. The van der Waals surface area contributed by atoms with E-state index in [0.717, 1.165) is 11.1 Å². The van der Waals surface area contributed by atoms with Crippen molar-refractivity contribution in [3.8, 4) is 0 Å². The number of carbonyl (C=O) groups is 2. The predicted molar refractivity (Wildman–Crippen MR) is 137 cm³/mol. The quantitative estimate of drug-likeness (QED) is 0.361. The fraction of sp³-hybridized carbons (Fsp3) is 0.391. The van der Waals surface area contributed by atoms with E-state index in [1.165, 1.54) is 11.8 Å². The second-order valence-corrected chi connectivity index (χ2v) is 10.2. The summed E-state index contributed by atoms with van der Waals surface area (Å²) in [6.07, 6.45) is 0.489. The number of thioether (sulfide) groups is 1. The normalized spacial score (nSPS) is 12.0. The van der Waals surface area contributed by atoms with Crippen LogP contribution < -0.4 is 5.32 Å². The summed E-state index contributed by atoms with van der Waals surface area (Å²) < 4.78 is 0. The molecule has 32 heavy (non-hydrogen) atoms. The first-order chi connectivity index (χ1) is 15.1. The molecule has 0 saturated heterocycles. The van der Waals surface area contributed by atoms with Crippen molar-refractivity contribution in [1.82, 2.24) is 10.2 Å². The minimum absolute atomic E-state index is 0.0255. The molecular weight excluding hydrogens is 510 g/mol. The minimum atomic E-state index is -0.593. The van der Waals surface area contributed by atoms with E-state index in [9.17, 15) is 9.59 Å². The Hall–Kier alpha value is -1.11. The van der Waals surface area contributed by atoms with Gasteiger partial charge in [-0.05, 0) is 55.7 Å². The van der Waals surface area contributed by atoms with Crippen LogP contribution in [0.3, 0.4) is 0 Å². The summed E-state index contributed by atoms with van der Waals surface area (Å²) in [6, 6.07) is 10.0. The van der Waals surface area contributed by atoms with Crippen molar-refractivity contribution >= 4 is 70.0 Å². The van der Waals surface area contributed by atoms with E-state index >= 15 is 0 Å². The molecule has 9 heteroatoms. The number of carbonyl (C=O) groups excluding carboxylic acids is 2. The fourth-order valence-electron chi connectivity index (χ4n) is 3.10. The Kier molecular flexibility index (Phi) is 11.0. The van der Waals surface area contributed by atoms with Gasteiger partial charge in [0.15, 0.2) is 0 Å². The molecule has 174 valence electrons. The number of nitrogens with zero attached hydrogens (tertiary/aromatic N) is 1. The van der Waals surface area contributed by atoms with Crippen LogP contribution in [-0.4, -0.2) is 34.6 Å². The molecule has 0 bridgehead atoms. The number of benzene rings is 2. The smallest absolute Gasteiger partial charge is 0.243 e. The Balaban J connectivity index is 2.16. The van der Waals surface area contributed by atoms with Crippen molar-refractivity contribution in [3.63, 3.8) is 0 Å². The molecule has 2 amide bonds. The highest BCUT2D eigenvalue weighted by Gasteiger charge is 2.29. The molecule has 1 atom stereocenters. The van der Waals surface area contributed by atoms with Crippen molar-refractivity contribution < 1.29 is 9.59 Å². The Morgan fingerprint density at radius 1 is 0.938 bits per heavy atom. The van der Waals surface area contributed by atoms with Gasteiger partial charge in [0, 0.05) is 18.3 Å². The lowest BCUT2D eigenvalue weighted by Crippen LogP contribution is -2.50. The third kappa shape index (κ3) is 8.03. The van der Waals surface area contributed by atoms with Crippen molar-refractivity contribution in [1.29, 1.82) is 0 Å². The second-order valence-electron chi connectivity index (χ2n) is 7.60. The lowest BCUT2D eigenvalue weighted by atomic mass is 10.1. The van der Waals surface area contributed by atoms with E-state index in [-0.39, 0.29) is 30.2 Å². The number of hydrogen-bond donors (Lipinski definition) is 1. The van der Waals surface area contributed by atoms with Gasteiger partial charge in [-0.15, -0.1) is 11.8 Å². The summed E-state index contributed by atoms with van der Waals surface area (Å²) >= 11 is 25.7. The van der Waals surface area contributed by atoms with E-state index in [1.54, 1.807) is 29.2 Å². The van der Waals surface area contributed by atoms with Gasteiger partial charge in [0.2, 0.25) is 11.8 Å². The van der Waals surface area contributed by atoms with Crippen LogP contribution in [0, 0.1) is 0 Å². The van der Waals surface area contributed by atoms with Gasteiger partial charge in [-0.1, -0.05) is 65.5 Å². The molecule has 0 aromatic heterocycles. The lowest BCUT2D eigenvalue weighted by Gasteiger charge is -2.31. The van der Waals surface area contributed by atoms with Crippen molar-refractivity contribution in [3.05, 3.63) is 67.6 Å². The summed E-state index contributed by atoms with van der Waals surface area (Å²) in [5.74, 6) is 0.503. The van der Waals surface area contributed by atoms with Crippen LogP contribution in [0.4, 0.5) is 0 Å². The summed E-state index contributed by atoms with van der Waals surface area (Å²) in [5.41, 5.74) is 1.77. The van der Waals surface area contributed by atoms with E-state index < -0.39 is 6.04 Å². The molecule has 0 aliphatic heterocycles. The van der Waals surface area contributed by atoms with Gasteiger partial charge in [-0.2, -0.15) is 0 Å². The van der Waals surface area contributed by atoms with Crippen molar-refractivity contribution in [2.45, 2.75) is 51.6 Å². The number of amides is 2. The van der Waals surface area contributed by atoms with Crippen LogP contribution in [-0.2, 0) is 21.9 Å². The summed E-state index contributed by atoms with van der Waals surface area (Å²) in [6.45, 7) is 5.93. The van der Waals surface area contributed by atoms with Gasteiger partial charge in [-0.25, -0.2) is 0 Å². The zero-order valence-corrected chi connectivity index (χ0v) is 22.0. The van der Waals surface area contributed by atoms with Gasteiger partial charge in [0.25, 0.3) is 0 Å². The first-order valence-electron chi connectivity index (χ1n) is 10.2. The molecule has 0 radical (unpaired) electrons. The van der Waals surface area contributed by atoms with E-state index in [0.29, 0.717) is 32.3 Å². The maximum atomic E-state index is 13.2. The zero-order valence-electron chi connectivity index (χ0n) is 18.1. The molecule has 0 spiro atoms. The van der Waals surface area contributed by atoms with Gasteiger partial charge in [-0.3, -0.25) is 9.59 Å². The zero-order chi connectivity index (χ0) is 23.8. The average Bonchev–Trinajstić information content (AvgIpc) is 2.72. The first kappa shape index (κ1) is 27.1. The van der Waals surface area contributed by atoms with Crippen LogP contribution in [0.15, 0.2) is 36.4 Å². The van der Waals surface area contributed by atoms with E-state index in [4.69, 9.17) is 46.4 Å². The Labute approximate surface area is 213 Å². The van der Waals surface area contributed by atoms with Crippen LogP contribution in [0.2, 0.25) is 20.1 Å². The van der Waals surface area contributed by atoms with E-state index in [2.05, 4.69) is 5.32 Å². The Bertz CT molecular complexity index is 956. The summed E-state index contributed by atoms with van der Waals surface area (Å²) in [5, 5.41) is 4.73. The molecule has 2 aromatic rings. The summed E-state index contributed by atoms with van der Waals surface area (Å²) in [4.78, 5) is 27.7. The van der Waals surface area contributed by atoms with Crippen LogP contribution in [0.1, 0.15) is 38.3 Å². The molecule has 0 saturated carbocycles. The molecule has 2 aromatic carbocycles. The molecule has 2 rings (SSSR count). The lowest BCUT2D eigenvalue weighted by molar-refractivity contribution is -0.139. The largest absolute Gasteiger partial charge is 0.352 e. The first-order valence-corrected chi connectivity index (χ1v) is 12.8. The minimum Gasteiger partial charge on any atom is -0.352 e. The second kappa shape index (κ2) is 13.0. The van der Waals surface area contributed by atoms with Crippen molar-refractivity contribution in [2.75, 3.05) is 5.75 Å². The maximum absolute atomic E-state index is 13.2. The number of nitrogens with one attached hydrogen (secondary N) is 1. The topological polar surface area (TPSA) is 49.4 Å². The molecule has 0 fully saturated rings. The summed E-state index contributed by atoms with van der Waals surface area (Å²) in [7, 11) is 0. The number of hydrogen-bond acceptors (Lipinski definition) is 3. The number of halogens is 4. The van der Waals surface area contributed by atoms with Gasteiger partial charge in [0.1, 0.15) is 6.04 Å². The van der Waals surface area contributed by atoms with E-state index in [1.807, 2.05) is 32.9 Å². The monoisotopic (exact) mass is 534 g/mol. The third-order valence-corrected chi connectivity index (χ3v) is 7.10. The molecule has 0 aliphatic rings. The highest BCUT2D eigenvalue weighted by molar-refractivity contribution is 7.99. The third-order valence-electron chi connectivity index (χ3n) is 4.63. The molecular formula is C23H26Cl4N2O2S. The van der Waals surface area contributed by atoms with Gasteiger partial charge >= 0.3 is 0 Å². The van der Waals surface area contributed by atoms with Crippen LogP contribution in [0.25, 0.3) is 0 Å². The Morgan fingerprint density at radius 2 is 1.50 bits per heavy atom. The fourth-order valence-corrected chi connectivity index (χ4v) is 4.60. The van der Waals surface area contributed by atoms with Crippen LogP contribution >= 0.6 is 58.2 Å². The molecule has 0 aliphatic carbocycles. The van der Waals surface area contributed by atoms with Crippen LogP contribution in [0.5, 0.6) is 0 Å². The number of rotatable bonds is 10. The maximum Gasteiger partial charge on any atom is 0.243 e. The van der Waals surface area contributed by atoms with Gasteiger partial charge in [0.05, 0.1) is 25.8 Å². The average molecular weight is 536 g/mol. The van der Waals surface area contributed by atoms with Crippen molar-refractivity contribution in [2.24, 2.45) is 0 Å². The predicted octanol–water partition coefficient (Wildman–Crippen LogP) is 6.87. The van der Waals surface area contributed by atoms with Gasteiger partial charge < -0.3 is 10.2 Å². The standard InChI is InChI=1S/C23H26Cl4N2O2S/c1-4-21(23(31)28-14(2)3)29(11-15-5-7-17(24)19(26)9-15)22(30)13-32-12-16-6-8-18(25)20(27)10-16/h5-10,14,21H,4,11-13H2,1-3H3,(H,28,31). The SMILES string of the molecule is CCC(C(=O)NC(C)C)N(Cc1ccc(Cl)c(Cl)c1)C(=O)CSCc1ccc(Cl)c(Cl)c1. The molecule has 1 unspecified atom stereocenters. The highest BCUT2D eigenvalue weighted by atomic mass is 35.5. The molecule has 4 nitrogen and oxygen atoms in total. The Morgan fingerprint density at radius 3 is 2.03 bits per heavy atom. The molecule has 1 N–H and O–H groups in total.